The molecule has 1 atom stereocenters. The average molecular weight is 356 g/mol. The van der Waals surface area contributed by atoms with Gasteiger partial charge in [-0.15, -0.1) is 0 Å². The van der Waals surface area contributed by atoms with Crippen molar-refractivity contribution in [3.8, 4) is 11.4 Å². The molecule has 3 rings (SSSR count). The summed E-state index contributed by atoms with van der Waals surface area (Å²) < 4.78 is 1.57. The van der Waals surface area contributed by atoms with Gasteiger partial charge >= 0.3 is 0 Å². The van der Waals surface area contributed by atoms with Gasteiger partial charge in [-0.3, -0.25) is 4.79 Å². The molecule has 1 saturated heterocycles. The molecule has 1 aliphatic rings. The molecule has 0 aliphatic carbocycles. The normalized spacial score (nSPS) is 17.0. The molecular weight excluding hydrogens is 328 g/mol. The summed E-state index contributed by atoms with van der Waals surface area (Å²) in [5, 5.41) is 18.0. The Hall–Kier alpha value is -2.34. The predicted molar refractivity (Wildman–Crippen MR) is 102 cm³/mol. The van der Waals surface area contributed by atoms with E-state index in [-0.39, 0.29) is 23.4 Å². The lowest BCUT2D eigenvalue weighted by molar-refractivity contribution is 0.0682. The van der Waals surface area contributed by atoms with Crippen molar-refractivity contribution in [3.63, 3.8) is 0 Å². The number of rotatable bonds is 6. The Morgan fingerprint density at radius 3 is 2.69 bits per heavy atom. The molecule has 26 heavy (non-hydrogen) atoms. The molecule has 1 amide bonds. The maximum atomic E-state index is 13.0. The number of carbonyl (C=O) groups is 1. The van der Waals surface area contributed by atoms with Crippen LogP contribution in [-0.4, -0.2) is 51.4 Å². The maximum absolute atomic E-state index is 13.0. The van der Waals surface area contributed by atoms with Crippen molar-refractivity contribution in [2.75, 3.05) is 19.6 Å². The van der Waals surface area contributed by atoms with Crippen molar-refractivity contribution in [1.82, 2.24) is 20.0 Å². The summed E-state index contributed by atoms with van der Waals surface area (Å²) in [5.74, 6) is 0.181. The number of aromatic hydroxyl groups is 1. The van der Waals surface area contributed by atoms with Gasteiger partial charge < -0.3 is 15.3 Å². The van der Waals surface area contributed by atoms with Gasteiger partial charge in [-0.05, 0) is 43.0 Å². The number of aromatic nitrogens is 2. The van der Waals surface area contributed by atoms with Gasteiger partial charge in [0.1, 0.15) is 0 Å². The molecule has 1 unspecified atom stereocenters. The first-order chi connectivity index (χ1) is 12.5. The SMILES string of the molecule is CCCN(C(=O)c1nn(-c2ccc(C(C)C)cc2)cc1O)C1CCNC1. The fraction of sp³-hybridized carbons (Fsp3) is 0.500. The van der Waals surface area contributed by atoms with E-state index in [1.807, 2.05) is 29.2 Å². The molecule has 2 N–H and O–H groups in total. The van der Waals surface area contributed by atoms with Gasteiger partial charge in [-0.2, -0.15) is 5.10 Å². The molecule has 2 aromatic rings. The summed E-state index contributed by atoms with van der Waals surface area (Å²) >= 11 is 0. The molecule has 1 aliphatic heterocycles. The minimum Gasteiger partial charge on any atom is -0.504 e. The summed E-state index contributed by atoms with van der Waals surface area (Å²) in [6.45, 7) is 8.72. The first-order valence-corrected chi connectivity index (χ1v) is 9.42. The van der Waals surface area contributed by atoms with Crippen LogP contribution in [0.5, 0.6) is 5.75 Å². The third-order valence-corrected chi connectivity index (χ3v) is 4.92. The molecule has 0 saturated carbocycles. The van der Waals surface area contributed by atoms with E-state index in [0.29, 0.717) is 12.5 Å². The monoisotopic (exact) mass is 356 g/mol. The van der Waals surface area contributed by atoms with Crippen LogP contribution in [0.2, 0.25) is 0 Å². The molecule has 6 heteroatoms. The molecule has 1 aromatic carbocycles. The van der Waals surface area contributed by atoms with Crippen molar-refractivity contribution in [1.29, 1.82) is 0 Å². The zero-order valence-electron chi connectivity index (χ0n) is 15.8. The van der Waals surface area contributed by atoms with E-state index in [0.717, 1.165) is 31.6 Å². The van der Waals surface area contributed by atoms with Crippen molar-refractivity contribution in [2.45, 2.75) is 45.6 Å². The van der Waals surface area contributed by atoms with Crippen LogP contribution >= 0.6 is 0 Å². The minimum atomic E-state index is -0.199. The zero-order valence-corrected chi connectivity index (χ0v) is 15.8. The number of nitrogens with zero attached hydrogens (tertiary/aromatic N) is 3. The molecule has 0 bridgehead atoms. The highest BCUT2D eigenvalue weighted by atomic mass is 16.3. The second kappa shape index (κ2) is 7.91. The molecule has 0 spiro atoms. The van der Waals surface area contributed by atoms with E-state index < -0.39 is 0 Å². The maximum Gasteiger partial charge on any atom is 0.278 e. The van der Waals surface area contributed by atoms with Gasteiger partial charge in [-0.25, -0.2) is 4.68 Å². The fourth-order valence-corrected chi connectivity index (χ4v) is 3.39. The van der Waals surface area contributed by atoms with Crippen molar-refractivity contribution < 1.29 is 9.90 Å². The van der Waals surface area contributed by atoms with Gasteiger partial charge in [0.15, 0.2) is 11.4 Å². The van der Waals surface area contributed by atoms with Crippen LogP contribution in [0.1, 0.15) is 55.6 Å². The number of benzene rings is 1. The smallest absolute Gasteiger partial charge is 0.278 e. The lowest BCUT2D eigenvalue weighted by atomic mass is 10.0. The van der Waals surface area contributed by atoms with E-state index in [9.17, 15) is 9.90 Å². The second-order valence-electron chi connectivity index (χ2n) is 7.20. The second-order valence-corrected chi connectivity index (χ2v) is 7.20. The Kier molecular flexibility index (Phi) is 5.61. The number of amides is 1. The summed E-state index contributed by atoms with van der Waals surface area (Å²) in [4.78, 5) is 14.8. The standard InChI is InChI=1S/C20H28N4O2/c1-4-11-23(17-9-10-21-12-17)20(26)19-18(25)13-24(22-19)16-7-5-15(6-8-16)14(2)3/h5-8,13-14,17,21,25H,4,9-12H2,1-3H3. The summed E-state index contributed by atoms with van der Waals surface area (Å²) in [6.07, 6.45) is 3.32. The largest absolute Gasteiger partial charge is 0.504 e. The van der Waals surface area contributed by atoms with Crippen LogP contribution in [-0.2, 0) is 0 Å². The van der Waals surface area contributed by atoms with Gasteiger partial charge in [0.2, 0.25) is 0 Å². The van der Waals surface area contributed by atoms with Crippen LogP contribution in [0.25, 0.3) is 5.69 Å². The number of nitrogens with one attached hydrogen (secondary N) is 1. The minimum absolute atomic E-state index is 0.0741. The lowest BCUT2D eigenvalue weighted by Crippen LogP contribution is -2.42. The van der Waals surface area contributed by atoms with E-state index in [4.69, 9.17) is 0 Å². The lowest BCUT2D eigenvalue weighted by Gasteiger charge is -2.27. The van der Waals surface area contributed by atoms with Gasteiger partial charge in [-0.1, -0.05) is 32.9 Å². The number of hydrogen-bond acceptors (Lipinski definition) is 4. The van der Waals surface area contributed by atoms with Crippen LogP contribution < -0.4 is 5.32 Å². The summed E-state index contributed by atoms with van der Waals surface area (Å²) in [6, 6.07) is 8.18. The van der Waals surface area contributed by atoms with Gasteiger partial charge in [0, 0.05) is 19.1 Å². The van der Waals surface area contributed by atoms with E-state index in [2.05, 4.69) is 31.2 Å². The number of hydrogen-bond donors (Lipinski definition) is 2. The Balaban J connectivity index is 1.85. The molecular formula is C20H28N4O2. The first kappa shape index (κ1) is 18.5. The van der Waals surface area contributed by atoms with Crippen molar-refractivity contribution in [2.24, 2.45) is 0 Å². The topological polar surface area (TPSA) is 70.4 Å². The van der Waals surface area contributed by atoms with Gasteiger partial charge in [0.05, 0.1) is 11.9 Å². The van der Waals surface area contributed by atoms with E-state index >= 15 is 0 Å². The molecule has 0 radical (unpaired) electrons. The molecule has 6 nitrogen and oxygen atoms in total. The Labute approximate surface area is 154 Å². The Morgan fingerprint density at radius 2 is 2.12 bits per heavy atom. The third-order valence-electron chi connectivity index (χ3n) is 4.92. The molecule has 140 valence electrons. The highest BCUT2D eigenvalue weighted by molar-refractivity contribution is 5.95. The highest BCUT2D eigenvalue weighted by Crippen LogP contribution is 2.23. The Bertz CT molecular complexity index is 746. The van der Waals surface area contributed by atoms with E-state index in [1.165, 1.54) is 11.8 Å². The van der Waals surface area contributed by atoms with Gasteiger partial charge in [0.25, 0.3) is 5.91 Å². The van der Waals surface area contributed by atoms with Crippen molar-refractivity contribution in [3.05, 3.63) is 41.7 Å². The predicted octanol–water partition coefficient (Wildman–Crippen LogP) is 2.92. The molecule has 1 aromatic heterocycles. The first-order valence-electron chi connectivity index (χ1n) is 9.42. The third kappa shape index (κ3) is 3.75. The highest BCUT2D eigenvalue weighted by Gasteiger charge is 2.30. The van der Waals surface area contributed by atoms with Crippen molar-refractivity contribution >= 4 is 5.91 Å². The van der Waals surface area contributed by atoms with Crippen LogP contribution in [0.3, 0.4) is 0 Å². The fourth-order valence-electron chi connectivity index (χ4n) is 3.39. The van der Waals surface area contributed by atoms with Crippen LogP contribution in [0.15, 0.2) is 30.5 Å². The zero-order chi connectivity index (χ0) is 18.7. The Morgan fingerprint density at radius 1 is 1.38 bits per heavy atom. The van der Waals surface area contributed by atoms with Crippen LogP contribution in [0, 0.1) is 0 Å². The quantitative estimate of drug-likeness (QED) is 0.835. The average Bonchev–Trinajstić information content (AvgIpc) is 3.29. The molecule has 2 heterocycles. The molecule has 1 fully saturated rings. The summed E-state index contributed by atoms with van der Waals surface area (Å²) in [5.41, 5.74) is 2.19. The van der Waals surface area contributed by atoms with Crippen LogP contribution in [0.4, 0.5) is 0 Å². The van der Waals surface area contributed by atoms with E-state index in [1.54, 1.807) is 4.68 Å². The summed E-state index contributed by atoms with van der Waals surface area (Å²) in [7, 11) is 0. The number of carbonyl (C=O) groups excluding carboxylic acids is 1.